The molecule has 0 radical (unpaired) electrons. The first-order chi connectivity index (χ1) is 24.5. The van der Waals surface area contributed by atoms with Crippen molar-refractivity contribution in [1.29, 1.82) is 0 Å². The number of carbonyl (C=O) groups is 2. The van der Waals surface area contributed by atoms with Crippen LogP contribution in [0.3, 0.4) is 0 Å². The van der Waals surface area contributed by atoms with E-state index in [0.717, 1.165) is 34.6 Å². The zero-order valence-electron chi connectivity index (χ0n) is 28.1. The largest absolute Gasteiger partial charge is 0.497 e. The molecule has 50 heavy (non-hydrogen) atoms. The maximum atomic E-state index is 14.1. The molecular weight excluding hydrogens is 653 g/mol. The average molecular weight is 691 g/mol. The molecule has 256 valence electrons. The van der Waals surface area contributed by atoms with E-state index in [-0.39, 0.29) is 24.1 Å². The predicted octanol–water partition coefficient (Wildman–Crippen LogP) is 5.95. The highest BCUT2D eigenvalue weighted by atomic mass is 32.2. The number of aryl methyl sites for hydroxylation is 1. The van der Waals surface area contributed by atoms with Crippen LogP contribution in [0.25, 0.3) is 0 Å². The van der Waals surface area contributed by atoms with Gasteiger partial charge in [0.1, 0.15) is 5.75 Å². The second-order valence-corrected chi connectivity index (χ2v) is 12.4. The van der Waals surface area contributed by atoms with Crippen LogP contribution in [-0.2, 0) is 24.3 Å². The van der Waals surface area contributed by atoms with E-state index in [1.165, 1.54) is 16.8 Å². The normalized spacial score (nSPS) is 13.9. The number of hydrogen-bond donors (Lipinski definition) is 1. The summed E-state index contributed by atoms with van der Waals surface area (Å²) in [5.41, 5.74) is 4.16. The minimum absolute atomic E-state index is 0.0576. The van der Waals surface area contributed by atoms with E-state index >= 15 is 0 Å². The topological polar surface area (TPSA) is 120 Å². The number of carbonyl (C=O) groups excluding carboxylic acids is 2. The molecule has 12 heteroatoms. The first-order valence-electron chi connectivity index (χ1n) is 16.2. The van der Waals surface area contributed by atoms with Crippen LogP contribution in [0.2, 0.25) is 0 Å². The molecule has 0 saturated heterocycles. The molecule has 1 aromatic heterocycles. The van der Waals surface area contributed by atoms with E-state index in [0.29, 0.717) is 41.0 Å². The van der Waals surface area contributed by atoms with Gasteiger partial charge in [0, 0.05) is 24.1 Å². The Labute approximate surface area is 295 Å². The Morgan fingerprint density at radius 2 is 1.58 bits per heavy atom. The lowest BCUT2D eigenvalue weighted by molar-refractivity contribution is -0.130. The molecule has 0 fully saturated rings. The molecule has 2 amide bonds. The molecule has 6 rings (SSSR count). The van der Waals surface area contributed by atoms with Gasteiger partial charge in [0.05, 0.1) is 45.4 Å². The summed E-state index contributed by atoms with van der Waals surface area (Å²) < 4.78 is 18.7. The highest BCUT2D eigenvalue weighted by Gasteiger charge is 2.36. The number of rotatable bonds is 14. The van der Waals surface area contributed by atoms with Gasteiger partial charge in [-0.25, -0.2) is 5.01 Å². The molecule has 2 heterocycles. The summed E-state index contributed by atoms with van der Waals surface area (Å²) in [6.07, 6.45) is 1.20. The summed E-state index contributed by atoms with van der Waals surface area (Å²) >= 11 is 1.29. The highest BCUT2D eigenvalue weighted by molar-refractivity contribution is 7.99. The number of methoxy groups -OCH3 is 3. The van der Waals surface area contributed by atoms with Crippen LogP contribution < -0.4 is 19.5 Å². The third-order valence-electron chi connectivity index (χ3n) is 8.41. The molecule has 1 N–H and O–H groups in total. The van der Waals surface area contributed by atoms with Crippen LogP contribution in [0.1, 0.15) is 45.3 Å². The Hall–Kier alpha value is -5.62. The van der Waals surface area contributed by atoms with Crippen molar-refractivity contribution in [2.24, 2.45) is 5.10 Å². The summed E-state index contributed by atoms with van der Waals surface area (Å²) in [6, 6.07) is 32.0. The van der Waals surface area contributed by atoms with Crippen molar-refractivity contribution in [2.75, 3.05) is 27.1 Å². The van der Waals surface area contributed by atoms with Crippen LogP contribution in [0, 0.1) is 0 Å². The Morgan fingerprint density at radius 3 is 2.28 bits per heavy atom. The molecule has 0 bridgehead atoms. The van der Waals surface area contributed by atoms with Gasteiger partial charge in [-0.1, -0.05) is 72.4 Å². The molecule has 4 aromatic carbocycles. The maximum Gasteiger partial charge on any atom is 0.253 e. The Balaban J connectivity index is 1.25. The number of amides is 2. The zero-order chi connectivity index (χ0) is 34.9. The van der Waals surface area contributed by atoms with Crippen molar-refractivity contribution in [3.63, 3.8) is 0 Å². The Bertz CT molecular complexity index is 1950. The minimum Gasteiger partial charge on any atom is -0.497 e. The monoisotopic (exact) mass is 690 g/mol. The lowest BCUT2D eigenvalue weighted by atomic mass is 9.97. The molecule has 11 nitrogen and oxygen atoms in total. The number of nitrogens with zero attached hydrogens (tertiary/aromatic N) is 5. The molecule has 1 aliphatic heterocycles. The van der Waals surface area contributed by atoms with E-state index in [2.05, 4.69) is 27.6 Å². The van der Waals surface area contributed by atoms with Crippen molar-refractivity contribution < 1.29 is 23.8 Å². The first kappa shape index (κ1) is 34.3. The predicted molar refractivity (Wildman–Crippen MR) is 192 cm³/mol. The second-order valence-electron chi connectivity index (χ2n) is 11.4. The lowest BCUT2D eigenvalue weighted by Gasteiger charge is -2.24. The number of para-hydroxylation sites is 1. The van der Waals surface area contributed by atoms with Gasteiger partial charge in [0.25, 0.3) is 11.8 Å². The van der Waals surface area contributed by atoms with Gasteiger partial charge in [-0.15, -0.1) is 10.2 Å². The van der Waals surface area contributed by atoms with Gasteiger partial charge in [-0.05, 0) is 60.0 Å². The molecule has 1 atom stereocenters. The number of ether oxygens (including phenoxy) is 3. The van der Waals surface area contributed by atoms with E-state index in [1.54, 1.807) is 33.5 Å². The van der Waals surface area contributed by atoms with E-state index in [1.807, 2.05) is 83.4 Å². The fourth-order valence-corrected chi connectivity index (χ4v) is 6.66. The van der Waals surface area contributed by atoms with Crippen molar-refractivity contribution in [3.05, 3.63) is 131 Å². The second kappa shape index (κ2) is 16.2. The van der Waals surface area contributed by atoms with Crippen molar-refractivity contribution in [1.82, 2.24) is 25.1 Å². The molecule has 0 spiro atoms. The summed E-state index contributed by atoms with van der Waals surface area (Å²) in [6.45, 7) is 0.751. The smallest absolute Gasteiger partial charge is 0.253 e. The standard InChI is InChI=1S/C38H38N6O5S/c1-47-29-19-17-27(18-20-29)31-23-32(30-15-10-16-33(48-2)36(30)49-3)44(42-31)35(45)25-50-38-41-40-34(24-39-37(46)28-13-8-5-9-14-28)43(38)22-21-26-11-6-4-7-12-26/h4-20,32H,21-25H2,1-3H3,(H,39,46)/t32-/m0/s1. The highest BCUT2D eigenvalue weighted by Crippen LogP contribution is 2.42. The molecule has 0 aliphatic carbocycles. The van der Waals surface area contributed by atoms with Gasteiger partial charge in [0.2, 0.25) is 0 Å². The summed E-state index contributed by atoms with van der Waals surface area (Å²) in [5, 5.41) is 18.8. The number of hydrogen-bond acceptors (Lipinski definition) is 9. The van der Waals surface area contributed by atoms with Crippen LogP contribution in [0.5, 0.6) is 17.2 Å². The molecule has 1 aliphatic rings. The van der Waals surface area contributed by atoms with E-state index in [9.17, 15) is 9.59 Å². The quantitative estimate of drug-likeness (QED) is 0.142. The van der Waals surface area contributed by atoms with Gasteiger partial charge in [-0.3, -0.25) is 9.59 Å². The van der Waals surface area contributed by atoms with Gasteiger partial charge < -0.3 is 24.1 Å². The van der Waals surface area contributed by atoms with Gasteiger partial charge >= 0.3 is 0 Å². The number of aromatic nitrogens is 3. The van der Waals surface area contributed by atoms with Crippen LogP contribution in [0.15, 0.2) is 113 Å². The van der Waals surface area contributed by atoms with Crippen LogP contribution >= 0.6 is 11.8 Å². The summed E-state index contributed by atoms with van der Waals surface area (Å²) in [7, 11) is 4.80. The zero-order valence-corrected chi connectivity index (χ0v) is 28.9. The fourth-order valence-electron chi connectivity index (χ4n) is 5.82. The fraction of sp³-hybridized carbons (Fsp3) is 0.237. The number of hydrazone groups is 1. The molecular formula is C38H38N6O5S. The van der Waals surface area contributed by atoms with Crippen molar-refractivity contribution in [3.8, 4) is 17.2 Å². The molecule has 0 unspecified atom stereocenters. The van der Waals surface area contributed by atoms with E-state index < -0.39 is 6.04 Å². The minimum atomic E-state index is -0.426. The Morgan fingerprint density at radius 1 is 0.840 bits per heavy atom. The third kappa shape index (κ3) is 7.81. The summed E-state index contributed by atoms with van der Waals surface area (Å²) in [5.74, 6) is 2.11. The van der Waals surface area contributed by atoms with Crippen LogP contribution in [0.4, 0.5) is 0 Å². The SMILES string of the molecule is COc1ccc(C2=NN(C(=O)CSc3nnc(CNC(=O)c4ccccc4)n3CCc3ccccc3)[C@H](c3cccc(OC)c3OC)C2)cc1. The number of nitrogens with one attached hydrogen (secondary N) is 1. The number of benzene rings is 4. The van der Waals surface area contributed by atoms with Crippen molar-refractivity contribution >= 4 is 29.3 Å². The average Bonchev–Trinajstić information content (AvgIpc) is 3.80. The third-order valence-corrected chi connectivity index (χ3v) is 9.36. The van der Waals surface area contributed by atoms with E-state index in [4.69, 9.17) is 19.3 Å². The van der Waals surface area contributed by atoms with Gasteiger partial charge in [-0.2, -0.15) is 5.10 Å². The lowest BCUT2D eigenvalue weighted by Crippen LogP contribution is -2.29. The van der Waals surface area contributed by atoms with Crippen molar-refractivity contribution in [2.45, 2.75) is 37.1 Å². The maximum absolute atomic E-state index is 14.1. The van der Waals surface area contributed by atoms with Crippen LogP contribution in [-0.4, -0.2) is 64.4 Å². The molecule has 0 saturated carbocycles. The first-order valence-corrected chi connectivity index (χ1v) is 17.1. The van der Waals surface area contributed by atoms with Gasteiger partial charge in [0.15, 0.2) is 22.5 Å². The number of thioether (sulfide) groups is 1. The summed E-state index contributed by atoms with van der Waals surface area (Å²) in [4.78, 5) is 26.9. The Kier molecular flexibility index (Phi) is 11.1. The molecule has 5 aromatic rings.